The number of H-pyrrole nitrogens is 1. The van der Waals surface area contributed by atoms with E-state index in [9.17, 15) is 33.9 Å². The molecule has 0 saturated heterocycles. The summed E-state index contributed by atoms with van der Waals surface area (Å²) >= 11 is 0. The van der Waals surface area contributed by atoms with E-state index in [2.05, 4.69) is 20.9 Å². The smallest absolute Gasteiger partial charge is 0.326 e. The van der Waals surface area contributed by atoms with Crippen LogP contribution in [0.4, 0.5) is 0 Å². The lowest BCUT2D eigenvalue weighted by molar-refractivity contribution is -0.143. The summed E-state index contributed by atoms with van der Waals surface area (Å²) in [5.41, 5.74) is 12.8. The van der Waals surface area contributed by atoms with Crippen LogP contribution in [0.25, 0.3) is 10.9 Å². The highest BCUT2D eigenvalue weighted by Crippen LogP contribution is 2.19. The number of benzene rings is 1. The monoisotopic (exact) mass is 590 g/mol. The van der Waals surface area contributed by atoms with Crippen LogP contribution in [-0.4, -0.2) is 86.6 Å². The largest absolute Gasteiger partial charge is 0.481 e. The average Bonchev–Trinajstić information content (AvgIpc) is 3.35. The summed E-state index contributed by atoms with van der Waals surface area (Å²) in [7, 11) is 0. The molecule has 1 aromatic carbocycles. The molecule has 42 heavy (non-hydrogen) atoms. The van der Waals surface area contributed by atoms with Gasteiger partial charge in [0.2, 0.25) is 17.7 Å². The van der Waals surface area contributed by atoms with E-state index in [-0.39, 0.29) is 32.1 Å². The van der Waals surface area contributed by atoms with E-state index in [0.717, 1.165) is 10.9 Å². The second kappa shape index (κ2) is 16.7. The number of amides is 3. The van der Waals surface area contributed by atoms with Gasteiger partial charge in [-0.2, -0.15) is 0 Å². The molecule has 3 amide bonds. The molecule has 230 valence electrons. The van der Waals surface area contributed by atoms with Crippen LogP contribution < -0.4 is 27.4 Å². The Morgan fingerprint density at radius 2 is 1.36 bits per heavy atom. The normalized spacial score (nSPS) is 13.9. The first-order chi connectivity index (χ1) is 19.9. The van der Waals surface area contributed by atoms with Gasteiger partial charge in [-0.3, -0.25) is 24.0 Å². The number of carbonyl (C=O) groups excluding carboxylic acids is 3. The molecule has 0 bridgehead atoms. The second-order valence-corrected chi connectivity index (χ2v) is 9.84. The Labute approximate surface area is 241 Å². The van der Waals surface area contributed by atoms with Crippen LogP contribution in [0.15, 0.2) is 30.5 Å². The fourth-order valence-electron chi connectivity index (χ4n) is 4.25. The van der Waals surface area contributed by atoms with Gasteiger partial charge < -0.3 is 47.7 Å². The van der Waals surface area contributed by atoms with Crippen LogP contribution in [0.3, 0.4) is 0 Å². The third-order valence-electron chi connectivity index (χ3n) is 6.58. The van der Waals surface area contributed by atoms with Gasteiger partial charge in [0.05, 0.1) is 6.04 Å². The van der Waals surface area contributed by atoms with Crippen LogP contribution in [0, 0.1) is 0 Å². The zero-order chi connectivity index (χ0) is 31.2. The van der Waals surface area contributed by atoms with Crippen molar-refractivity contribution in [2.24, 2.45) is 11.5 Å². The van der Waals surface area contributed by atoms with Crippen LogP contribution in [0.5, 0.6) is 0 Å². The van der Waals surface area contributed by atoms with E-state index in [1.165, 1.54) is 0 Å². The number of rotatable bonds is 19. The molecule has 4 atom stereocenters. The number of carboxylic acid groups (broad SMARTS) is 3. The van der Waals surface area contributed by atoms with Gasteiger partial charge in [0.1, 0.15) is 18.1 Å². The molecule has 0 radical (unpaired) electrons. The minimum Gasteiger partial charge on any atom is -0.481 e. The number of carboxylic acids is 3. The molecule has 1 heterocycles. The molecule has 0 fully saturated rings. The van der Waals surface area contributed by atoms with Gasteiger partial charge >= 0.3 is 17.9 Å². The minimum atomic E-state index is -1.52. The topological polar surface area (TPSA) is 267 Å². The molecule has 2 rings (SSSR count). The number of hydrogen-bond acceptors (Lipinski definition) is 8. The molecule has 4 unspecified atom stereocenters. The Morgan fingerprint density at radius 3 is 2.00 bits per heavy atom. The van der Waals surface area contributed by atoms with Crippen LogP contribution in [0.1, 0.15) is 50.5 Å². The third-order valence-corrected chi connectivity index (χ3v) is 6.58. The fraction of sp³-hybridized carbons (Fsp3) is 0.481. The van der Waals surface area contributed by atoms with Crippen molar-refractivity contribution in [3.8, 4) is 0 Å². The molecule has 0 aliphatic heterocycles. The number of fused-ring (bicyclic) bond motifs is 1. The van der Waals surface area contributed by atoms with Crippen LogP contribution in [0.2, 0.25) is 0 Å². The summed E-state index contributed by atoms with van der Waals surface area (Å²) in [5.74, 6) is -6.17. The molecule has 0 aliphatic rings. The first-order valence-electron chi connectivity index (χ1n) is 13.5. The number of aliphatic carboxylic acids is 3. The van der Waals surface area contributed by atoms with Crippen molar-refractivity contribution in [3.05, 3.63) is 36.0 Å². The molecular weight excluding hydrogens is 552 g/mol. The lowest BCUT2D eigenvalue weighted by Gasteiger charge is -2.25. The molecular formula is C27H38N6O9. The van der Waals surface area contributed by atoms with Crippen molar-refractivity contribution < 1.29 is 44.1 Å². The van der Waals surface area contributed by atoms with Crippen molar-refractivity contribution in [2.75, 3.05) is 6.54 Å². The third kappa shape index (κ3) is 10.8. The highest BCUT2D eigenvalue weighted by Gasteiger charge is 2.31. The molecule has 15 heteroatoms. The number of nitrogens with one attached hydrogen (secondary N) is 4. The number of aromatic nitrogens is 1. The van der Waals surface area contributed by atoms with Crippen LogP contribution in [-0.2, 0) is 35.2 Å². The summed E-state index contributed by atoms with van der Waals surface area (Å²) in [6.45, 7) is 0.332. The number of hydrogen-bond donors (Lipinski definition) is 9. The summed E-state index contributed by atoms with van der Waals surface area (Å²) in [4.78, 5) is 76.0. The number of carbonyl (C=O) groups is 6. The van der Waals surface area contributed by atoms with Gasteiger partial charge in [-0.15, -0.1) is 0 Å². The van der Waals surface area contributed by atoms with Gasteiger partial charge in [0, 0.05) is 36.4 Å². The van der Waals surface area contributed by atoms with E-state index in [1.54, 1.807) is 18.3 Å². The molecule has 2 aromatic rings. The maximum atomic E-state index is 13.4. The van der Waals surface area contributed by atoms with E-state index >= 15 is 0 Å². The zero-order valence-electron chi connectivity index (χ0n) is 23.0. The van der Waals surface area contributed by atoms with Gasteiger partial charge in [-0.1, -0.05) is 18.2 Å². The highest BCUT2D eigenvalue weighted by molar-refractivity contribution is 5.95. The van der Waals surface area contributed by atoms with Crippen molar-refractivity contribution >= 4 is 46.5 Å². The molecule has 15 nitrogen and oxygen atoms in total. The Hall–Kier alpha value is -4.50. The summed E-state index contributed by atoms with van der Waals surface area (Å²) in [5, 5.41) is 35.5. The highest BCUT2D eigenvalue weighted by atomic mass is 16.4. The van der Waals surface area contributed by atoms with Gasteiger partial charge in [-0.05, 0) is 50.3 Å². The Balaban J connectivity index is 2.30. The van der Waals surface area contributed by atoms with Gasteiger partial charge in [0.25, 0.3) is 0 Å². The van der Waals surface area contributed by atoms with Crippen molar-refractivity contribution in [2.45, 2.75) is 75.5 Å². The standard InChI is InChI=1S/C27H38N6O9/c28-12-4-3-7-19(31-24(38)17(29)8-10-22(34)35)25(39)33-21(13-15-14-30-18-6-2-1-5-16(15)18)26(40)32-20(27(41)42)9-11-23(36)37/h1-2,5-6,14,17,19-21,30H,3-4,7-13,28-29H2,(H,31,38)(H,32,40)(H,33,39)(H,34,35)(H,36,37)(H,41,42). The van der Waals surface area contributed by atoms with E-state index in [1.807, 2.05) is 12.1 Å². The Bertz CT molecular complexity index is 1260. The number of unbranched alkanes of at least 4 members (excludes halogenated alkanes) is 1. The van der Waals surface area contributed by atoms with Crippen molar-refractivity contribution in [3.63, 3.8) is 0 Å². The number of nitrogens with two attached hydrogens (primary N) is 2. The first-order valence-corrected chi connectivity index (χ1v) is 13.5. The number of aromatic amines is 1. The maximum absolute atomic E-state index is 13.4. The molecule has 0 saturated carbocycles. The van der Waals surface area contributed by atoms with E-state index in [4.69, 9.17) is 21.7 Å². The minimum absolute atomic E-state index is 0.0611. The zero-order valence-corrected chi connectivity index (χ0v) is 23.0. The van der Waals surface area contributed by atoms with Crippen molar-refractivity contribution in [1.29, 1.82) is 0 Å². The summed E-state index contributed by atoms with van der Waals surface area (Å²) in [6, 6.07) is 2.04. The molecule has 11 N–H and O–H groups in total. The fourth-order valence-corrected chi connectivity index (χ4v) is 4.25. The number of para-hydroxylation sites is 1. The summed E-state index contributed by atoms with van der Waals surface area (Å²) in [6.07, 6.45) is 1.31. The molecule has 0 aliphatic carbocycles. The van der Waals surface area contributed by atoms with Gasteiger partial charge in [-0.25, -0.2) is 4.79 Å². The van der Waals surface area contributed by atoms with Crippen LogP contribution >= 0.6 is 0 Å². The maximum Gasteiger partial charge on any atom is 0.326 e. The lowest BCUT2D eigenvalue weighted by atomic mass is 10.0. The lowest BCUT2D eigenvalue weighted by Crippen LogP contribution is -2.57. The molecule has 1 aromatic heterocycles. The Kier molecular flexibility index (Phi) is 13.4. The van der Waals surface area contributed by atoms with Crippen molar-refractivity contribution in [1.82, 2.24) is 20.9 Å². The predicted molar refractivity (Wildman–Crippen MR) is 150 cm³/mol. The SMILES string of the molecule is NCCCCC(NC(=O)C(N)CCC(=O)O)C(=O)NC(Cc1c[nH]c2ccccc12)C(=O)NC(CCC(=O)O)C(=O)O. The Morgan fingerprint density at radius 1 is 0.762 bits per heavy atom. The summed E-state index contributed by atoms with van der Waals surface area (Å²) < 4.78 is 0. The van der Waals surface area contributed by atoms with E-state index in [0.29, 0.717) is 24.9 Å². The molecule has 0 spiro atoms. The second-order valence-electron chi connectivity index (χ2n) is 9.84. The first kappa shape index (κ1) is 33.7. The predicted octanol–water partition coefficient (Wildman–Crippen LogP) is -0.565. The quantitative estimate of drug-likeness (QED) is 0.0935. The van der Waals surface area contributed by atoms with Gasteiger partial charge in [0.15, 0.2) is 0 Å². The average molecular weight is 591 g/mol. The van der Waals surface area contributed by atoms with E-state index < -0.39 is 66.2 Å².